The van der Waals surface area contributed by atoms with Crippen LogP contribution in [0.4, 0.5) is 5.69 Å². The van der Waals surface area contributed by atoms with Crippen molar-refractivity contribution in [3.05, 3.63) is 59.7 Å². The van der Waals surface area contributed by atoms with Gasteiger partial charge in [0.2, 0.25) is 0 Å². The zero-order valence-electron chi connectivity index (χ0n) is 11.4. The molecule has 0 bridgehead atoms. The van der Waals surface area contributed by atoms with Gasteiger partial charge < -0.3 is 9.90 Å². The maximum Gasteiger partial charge on any atom is 0.261 e. The first-order chi connectivity index (χ1) is 9.92. The molecular weight excluding hydrogens is 290 g/mol. The van der Waals surface area contributed by atoms with Crippen LogP contribution in [0.2, 0.25) is 0 Å². The molecule has 0 fully saturated rings. The van der Waals surface area contributed by atoms with E-state index in [1.807, 2.05) is 6.92 Å². The smallest absolute Gasteiger partial charge is 0.261 e. The van der Waals surface area contributed by atoms with Crippen molar-refractivity contribution < 1.29 is 18.3 Å². The highest BCUT2D eigenvalue weighted by Crippen LogP contribution is 2.17. The monoisotopic (exact) mass is 304 g/mol. The van der Waals surface area contributed by atoms with Gasteiger partial charge in [-0.15, -0.1) is 0 Å². The Morgan fingerprint density at radius 1 is 1.05 bits per heavy atom. The van der Waals surface area contributed by atoms with Crippen LogP contribution < -0.4 is 9.83 Å². The maximum absolute atomic E-state index is 12.2. The molecule has 2 aromatic rings. The van der Waals surface area contributed by atoms with Gasteiger partial charge in [-0.2, -0.15) is 0 Å². The lowest BCUT2D eigenvalue weighted by Crippen LogP contribution is -2.22. The molecule has 2 aromatic carbocycles. The van der Waals surface area contributed by atoms with E-state index in [2.05, 4.69) is 4.72 Å². The summed E-state index contributed by atoms with van der Waals surface area (Å²) in [6.45, 7) is 1.99. The van der Waals surface area contributed by atoms with Gasteiger partial charge in [0.1, 0.15) is 0 Å². The molecule has 0 saturated carbocycles. The summed E-state index contributed by atoms with van der Waals surface area (Å²) >= 11 is 0. The average Bonchev–Trinajstić information content (AvgIpc) is 2.47. The van der Waals surface area contributed by atoms with Crippen molar-refractivity contribution in [2.45, 2.75) is 18.2 Å². The number of carboxylic acids is 1. The van der Waals surface area contributed by atoms with Crippen molar-refractivity contribution >= 4 is 21.7 Å². The SMILES string of the molecule is CCc1ccc(S(=O)(=O)Nc2ccc(C(=O)[O-])cc2)cc1. The molecule has 0 aliphatic heterocycles. The number of rotatable bonds is 5. The molecule has 6 heteroatoms. The highest BCUT2D eigenvalue weighted by Gasteiger charge is 2.13. The van der Waals surface area contributed by atoms with E-state index >= 15 is 0 Å². The summed E-state index contributed by atoms with van der Waals surface area (Å²) in [7, 11) is -3.68. The van der Waals surface area contributed by atoms with Crippen molar-refractivity contribution in [2.24, 2.45) is 0 Å². The lowest BCUT2D eigenvalue weighted by Gasteiger charge is -2.09. The molecule has 0 unspecified atom stereocenters. The number of carbonyl (C=O) groups is 1. The second kappa shape index (κ2) is 5.97. The molecule has 5 nitrogen and oxygen atoms in total. The highest BCUT2D eigenvalue weighted by atomic mass is 32.2. The predicted molar refractivity (Wildman–Crippen MR) is 77.4 cm³/mol. The van der Waals surface area contributed by atoms with Crippen molar-refractivity contribution in [3.8, 4) is 0 Å². The van der Waals surface area contributed by atoms with Gasteiger partial charge in [-0.05, 0) is 41.8 Å². The molecule has 0 spiro atoms. The van der Waals surface area contributed by atoms with Gasteiger partial charge in [0.25, 0.3) is 10.0 Å². The first kappa shape index (κ1) is 15.1. The number of aryl methyl sites for hydroxylation is 1. The van der Waals surface area contributed by atoms with Gasteiger partial charge in [-0.1, -0.05) is 31.2 Å². The molecule has 0 atom stereocenters. The number of benzene rings is 2. The number of anilines is 1. The summed E-state index contributed by atoms with van der Waals surface area (Å²) in [5.74, 6) is -1.31. The van der Waals surface area contributed by atoms with E-state index in [0.29, 0.717) is 5.69 Å². The first-order valence-corrected chi connectivity index (χ1v) is 7.84. The Kier molecular flexibility index (Phi) is 4.28. The minimum absolute atomic E-state index is 0.00903. The van der Waals surface area contributed by atoms with Crippen LogP contribution in [0.3, 0.4) is 0 Å². The molecule has 0 radical (unpaired) electrons. The fourth-order valence-corrected chi connectivity index (χ4v) is 2.85. The van der Waals surface area contributed by atoms with Crippen LogP contribution in [0, 0.1) is 0 Å². The normalized spacial score (nSPS) is 11.1. The number of nitrogens with one attached hydrogen (secondary N) is 1. The number of sulfonamides is 1. The van der Waals surface area contributed by atoms with Gasteiger partial charge >= 0.3 is 0 Å². The topological polar surface area (TPSA) is 86.3 Å². The van der Waals surface area contributed by atoms with Gasteiger partial charge in [0.05, 0.1) is 10.9 Å². The standard InChI is InChI=1S/C15H15NO4S/c1-2-11-3-9-14(10-4-11)21(19,20)16-13-7-5-12(6-8-13)15(17)18/h3-10,16H,2H2,1H3,(H,17,18)/p-1. The summed E-state index contributed by atoms with van der Waals surface area (Å²) < 4.78 is 26.8. The molecule has 0 amide bonds. The summed E-state index contributed by atoms with van der Waals surface area (Å²) in [6, 6.07) is 11.9. The average molecular weight is 304 g/mol. The number of carboxylic acid groups (broad SMARTS) is 1. The van der Waals surface area contributed by atoms with E-state index in [4.69, 9.17) is 0 Å². The zero-order valence-corrected chi connectivity index (χ0v) is 12.2. The van der Waals surface area contributed by atoms with Gasteiger partial charge in [0.15, 0.2) is 0 Å². The van der Waals surface area contributed by atoms with E-state index in [1.165, 1.54) is 36.4 Å². The molecular formula is C15H14NO4S-. The van der Waals surface area contributed by atoms with Crippen LogP contribution in [0.25, 0.3) is 0 Å². The second-order valence-corrected chi connectivity index (χ2v) is 6.15. The molecule has 1 N–H and O–H groups in total. The van der Waals surface area contributed by atoms with Crippen LogP contribution >= 0.6 is 0 Å². The third-order valence-corrected chi connectivity index (χ3v) is 4.41. The quantitative estimate of drug-likeness (QED) is 0.905. The Morgan fingerprint density at radius 2 is 1.62 bits per heavy atom. The lowest BCUT2D eigenvalue weighted by molar-refractivity contribution is -0.255. The van der Waals surface area contributed by atoms with Crippen molar-refractivity contribution in [2.75, 3.05) is 4.72 Å². The molecule has 21 heavy (non-hydrogen) atoms. The third kappa shape index (κ3) is 3.61. The molecule has 0 aromatic heterocycles. The Balaban J connectivity index is 2.21. The molecule has 0 aliphatic carbocycles. The highest BCUT2D eigenvalue weighted by molar-refractivity contribution is 7.92. The van der Waals surface area contributed by atoms with Gasteiger partial charge in [0, 0.05) is 5.69 Å². The molecule has 110 valence electrons. The van der Waals surface area contributed by atoms with Crippen LogP contribution in [-0.2, 0) is 16.4 Å². The van der Waals surface area contributed by atoms with E-state index in [9.17, 15) is 18.3 Å². The Hall–Kier alpha value is -2.34. The van der Waals surface area contributed by atoms with E-state index in [0.717, 1.165) is 12.0 Å². The van der Waals surface area contributed by atoms with Crippen molar-refractivity contribution in [3.63, 3.8) is 0 Å². The van der Waals surface area contributed by atoms with E-state index < -0.39 is 16.0 Å². The summed E-state index contributed by atoms with van der Waals surface area (Å²) in [6.07, 6.45) is 0.832. The molecule has 0 aliphatic rings. The Labute approximate surface area is 123 Å². The fourth-order valence-electron chi connectivity index (χ4n) is 1.79. The minimum Gasteiger partial charge on any atom is -0.545 e. The molecule has 0 heterocycles. The van der Waals surface area contributed by atoms with Crippen LogP contribution in [-0.4, -0.2) is 14.4 Å². The minimum atomic E-state index is -3.68. The molecule has 2 rings (SSSR count). The van der Waals surface area contributed by atoms with E-state index in [-0.39, 0.29) is 10.5 Å². The van der Waals surface area contributed by atoms with Crippen LogP contribution in [0.15, 0.2) is 53.4 Å². The number of hydrogen-bond acceptors (Lipinski definition) is 4. The van der Waals surface area contributed by atoms with Gasteiger partial charge in [-0.3, -0.25) is 4.72 Å². The number of carbonyl (C=O) groups excluding carboxylic acids is 1. The zero-order chi connectivity index (χ0) is 15.5. The van der Waals surface area contributed by atoms with E-state index in [1.54, 1.807) is 12.1 Å². The van der Waals surface area contributed by atoms with Crippen LogP contribution in [0.1, 0.15) is 22.8 Å². The summed E-state index contributed by atoms with van der Waals surface area (Å²) in [5.41, 5.74) is 1.33. The summed E-state index contributed by atoms with van der Waals surface area (Å²) in [5, 5.41) is 10.6. The predicted octanol–water partition coefficient (Wildman–Crippen LogP) is 1.41. The molecule has 0 saturated heterocycles. The number of aromatic carboxylic acids is 1. The largest absolute Gasteiger partial charge is 0.545 e. The number of hydrogen-bond donors (Lipinski definition) is 1. The fraction of sp³-hybridized carbons (Fsp3) is 0.133. The second-order valence-electron chi connectivity index (χ2n) is 4.47. The van der Waals surface area contributed by atoms with Gasteiger partial charge in [-0.25, -0.2) is 8.42 Å². The van der Waals surface area contributed by atoms with Crippen molar-refractivity contribution in [1.29, 1.82) is 0 Å². The lowest BCUT2D eigenvalue weighted by atomic mass is 10.2. The van der Waals surface area contributed by atoms with Crippen molar-refractivity contribution in [1.82, 2.24) is 0 Å². The Bertz CT molecular complexity index is 734. The summed E-state index contributed by atoms with van der Waals surface area (Å²) in [4.78, 5) is 10.8. The van der Waals surface area contributed by atoms with Crippen LogP contribution in [0.5, 0.6) is 0 Å². The maximum atomic E-state index is 12.2. The first-order valence-electron chi connectivity index (χ1n) is 6.35. The Morgan fingerprint density at radius 3 is 2.10 bits per heavy atom. The third-order valence-electron chi connectivity index (χ3n) is 3.01.